The number of hydrogen-bond acceptors (Lipinski definition) is 5. The van der Waals surface area contributed by atoms with Gasteiger partial charge in [0.15, 0.2) is 0 Å². The normalized spacial score (nSPS) is 18.7. The fraction of sp³-hybridized carbons (Fsp3) is 0.375. The largest absolute Gasteiger partial charge is 0.391 e. The molecule has 5 heteroatoms. The van der Waals surface area contributed by atoms with Gasteiger partial charge in [0.05, 0.1) is 18.5 Å². The lowest BCUT2D eigenvalue weighted by Gasteiger charge is -2.30. The zero-order chi connectivity index (χ0) is 14.5. The van der Waals surface area contributed by atoms with Crippen LogP contribution in [0.5, 0.6) is 0 Å². The van der Waals surface area contributed by atoms with E-state index in [2.05, 4.69) is 27.0 Å². The van der Waals surface area contributed by atoms with E-state index in [-0.39, 0.29) is 6.10 Å². The Morgan fingerprint density at radius 2 is 2.10 bits per heavy atom. The van der Waals surface area contributed by atoms with E-state index in [4.69, 9.17) is 0 Å². The predicted octanol–water partition coefficient (Wildman–Crippen LogP) is 2.73. The average Bonchev–Trinajstić information content (AvgIpc) is 2.54. The Kier molecular flexibility index (Phi) is 4.72. The minimum Gasteiger partial charge on any atom is -0.391 e. The Morgan fingerprint density at radius 1 is 1.24 bits per heavy atom. The molecule has 0 amide bonds. The number of rotatable bonds is 4. The van der Waals surface area contributed by atoms with Crippen LogP contribution in [0, 0.1) is 0 Å². The van der Waals surface area contributed by atoms with Gasteiger partial charge in [0.2, 0.25) is 0 Å². The highest BCUT2D eigenvalue weighted by Gasteiger charge is 2.19. The maximum atomic E-state index is 9.77. The lowest BCUT2D eigenvalue weighted by molar-refractivity contribution is 0.154. The monoisotopic (exact) mass is 301 g/mol. The molecule has 1 N–H and O–H groups in total. The molecule has 4 nitrogen and oxygen atoms in total. The van der Waals surface area contributed by atoms with Crippen molar-refractivity contribution in [3.05, 3.63) is 48.3 Å². The molecule has 0 spiro atoms. The minimum atomic E-state index is -0.249. The van der Waals surface area contributed by atoms with E-state index in [0.29, 0.717) is 6.54 Å². The fourth-order valence-electron chi connectivity index (χ4n) is 2.45. The Bertz CT molecular complexity index is 579. The number of piperidine rings is 1. The van der Waals surface area contributed by atoms with E-state index >= 15 is 0 Å². The van der Waals surface area contributed by atoms with Crippen molar-refractivity contribution in [1.82, 2.24) is 9.97 Å². The van der Waals surface area contributed by atoms with Crippen molar-refractivity contribution in [1.29, 1.82) is 0 Å². The van der Waals surface area contributed by atoms with Gasteiger partial charge in [-0.05, 0) is 18.4 Å². The summed E-state index contributed by atoms with van der Waals surface area (Å²) in [5.41, 5.74) is 1.28. The number of thioether (sulfide) groups is 1. The van der Waals surface area contributed by atoms with E-state index in [1.54, 1.807) is 24.2 Å². The maximum absolute atomic E-state index is 9.77. The molecule has 0 bridgehead atoms. The molecule has 2 heterocycles. The van der Waals surface area contributed by atoms with Crippen LogP contribution in [0.3, 0.4) is 0 Å². The lowest BCUT2D eigenvalue weighted by Crippen LogP contribution is -2.38. The van der Waals surface area contributed by atoms with Gasteiger partial charge in [0.25, 0.3) is 0 Å². The SMILES string of the molecule is OC1CCCN(c2cncc(SCc3ccccc3)n2)C1. The summed E-state index contributed by atoms with van der Waals surface area (Å²) in [6.07, 6.45) is 5.22. The quantitative estimate of drug-likeness (QED) is 0.880. The van der Waals surface area contributed by atoms with Crippen LogP contribution in [0.4, 0.5) is 5.82 Å². The Morgan fingerprint density at radius 3 is 2.90 bits per heavy atom. The Balaban J connectivity index is 1.65. The van der Waals surface area contributed by atoms with E-state index < -0.39 is 0 Å². The summed E-state index contributed by atoms with van der Waals surface area (Å²) in [7, 11) is 0. The summed E-state index contributed by atoms with van der Waals surface area (Å²) in [6.45, 7) is 1.60. The zero-order valence-corrected chi connectivity index (χ0v) is 12.7. The van der Waals surface area contributed by atoms with Crippen LogP contribution in [-0.2, 0) is 5.75 Å². The summed E-state index contributed by atoms with van der Waals surface area (Å²) in [6, 6.07) is 10.4. The first kappa shape index (κ1) is 14.4. The number of aliphatic hydroxyl groups excluding tert-OH is 1. The number of hydrogen-bond donors (Lipinski definition) is 1. The molecule has 0 aliphatic carbocycles. The summed E-state index contributed by atoms with van der Waals surface area (Å²) in [5, 5.41) is 10.7. The third-order valence-electron chi connectivity index (χ3n) is 3.55. The van der Waals surface area contributed by atoms with Crippen molar-refractivity contribution in [2.24, 2.45) is 0 Å². The number of anilines is 1. The molecular formula is C16H19N3OS. The second kappa shape index (κ2) is 6.91. The molecule has 1 aromatic carbocycles. The first-order valence-electron chi connectivity index (χ1n) is 7.23. The van der Waals surface area contributed by atoms with E-state index in [1.807, 2.05) is 18.2 Å². The van der Waals surface area contributed by atoms with Gasteiger partial charge < -0.3 is 10.0 Å². The molecule has 1 fully saturated rings. The van der Waals surface area contributed by atoms with Crippen LogP contribution in [0.15, 0.2) is 47.8 Å². The molecule has 0 saturated carbocycles. The van der Waals surface area contributed by atoms with Gasteiger partial charge in [-0.2, -0.15) is 0 Å². The van der Waals surface area contributed by atoms with Gasteiger partial charge in [-0.15, -0.1) is 11.8 Å². The molecule has 21 heavy (non-hydrogen) atoms. The van der Waals surface area contributed by atoms with Crippen molar-refractivity contribution in [2.75, 3.05) is 18.0 Å². The van der Waals surface area contributed by atoms with E-state index in [0.717, 1.165) is 36.0 Å². The summed E-state index contributed by atoms with van der Waals surface area (Å²) >= 11 is 1.69. The van der Waals surface area contributed by atoms with Gasteiger partial charge in [-0.1, -0.05) is 30.3 Å². The summed E-state index contributed by atoms with van der Waals surface area (Å²) < 4.78 is 0. The molecule has 1 unspecified atom stereocenters. The second-order valence-corrected chi connectivity index (χ2v) is 6.23. The highest BCUT2D eigenvalue weighted by molar-refractivity contribution is 7.98. The Labute approximate surface area is 129 Å². The molecule has 1 aliphatic rings. The maximum Gasteiger partial charge on any atom is 0.148 e. The van der Waals surface area contributed by atoms with Crippen molar-refractivity contribution in [2.45, 2.75) is 29.7 Å². The van der Waals surface area contributed by atoms with Crippen LogP contribution >= 0.6 is 11.8 Å². The molecule has 1 saturated heterocycles. The van der Waals surface area contributed by atoms with Crippen molar-refractivity contribution >= 4 is 17.6 Å². The number of β-amino-alcohol motifs (C(OH)–C–C–N with tert-alkyl or cyclic N) is 1. The van der Waals surface area contributed by atoms with Crippen molar-refractivity contribution in [3.8, 4) is 0 Å². The topological polar surface area (TPSA) is 49.2 Å². The first-order valence-corrected chi connectivity index (χ1v) is 8.21. The van der Waals surface area contributed by atoms with E-state index in [9.17, 15) is 5.11 Å². The number of aromatic nitrogens is 2. The molecule has 3 rings (SSSR count). The number of nitrogens with zero attached hydrogens (tertiary/aromatic N) is 3. The third-order valence-corrected chi connectivity index (χ3v) is 4.52. The highest BCUT2D eigenvalue weighted by atomic mass is 32.2. The average molecular weight is 301 g/mol. The van der Waals surface area contributed by atoms with Gasteiger partial charge in [-0.25, -0.2) is 4.98 Å². The minimum absolute atomic E-state index is 0.249. The molecular weight excluding hydrogens is 282 g/mol. The number of benzene rings is 1. The molecule has 110 valence electrons. The fourth-order valence-corrected chi connectivity index (χ4v) is 3.26. The van der Waals surface area contributed by atoms with Crippen LogP contribution in [0.1, 0.15) is 18.4 Å². The Hall–Kier alpha value is -1.59. The smallest absolute Gasteiger partial charge is 0.148 e. The van der Waals surface area contributed by atoms with Gasteiger partial charge in [-0.3, -0.25) is 4.98 Å². The third kappa shape index (κ3) is 3.95. The van der Waals surface area contributed by atoms with Gasteiger partial charge in [0, 0.05) is 18.8 Å². The first-order chi connectivity index (χ1) is 10.3. The summed E-state index contributed by atoms with van der Waals surface area (Å²) in [4.78, 5) is 11.1. The second-order valence-electron chi connectivity index (χ2n) is 5.23. The van der Waals surface area contributed by atoms with Crippen molar-refractivity contribution < 1.29 is 5.11 Å². The highest BCUT2D eigenvalue weighted by Crippen LogP contribution is 2.23. The van der Waals surface area contributed by atoms with Crippen LogP contribution < -0.4 is 4.90 Å². The summed E-state index contributed by atoms with van der Waals surface area (Å²) in [5.74, 6) is 1.76. The molecule has 1 atom stereocenters. The standard InChI is InChI=1S/C16H19N3OS/c20-14-7-4-8-19(11-14)15-9-17-10-16(18-15)21-12-13-5-2-1-3-6-13/h1-3,5-6,9-10,14,20H,4,7-8,11-12H2. The lowest BCUT2D eigenvalue weighted by atomic mass is 10.1. The molecule has 1 aromatic heterocycles. The predicted molar refractivity (Wildman–Crippen MR) is 85.5 cm³/mol. The van der Waals surface area contributed by atoms with Crippen molar-refractivity contribution in [3.63, 3.8) is 0 Å². The molecule has 0 radical (unpaired) electrons. The molecule has 1 aliphatic heterocycles. The van der Waals surface area contributed by atoms with Crippen LogP contribution in [0.2, 0.25) is 0 Å². The zero-order valence-electron chi connectivity index (χ0n) is 11.9. The number of aliphatic hydroxyl groups is 1. The van der Waals surface area contributed by atoms with E-state index in [1.165, 1.54) is 5.56 Å². The molecule has 2 aromatic rings. The van der Waals surface area contributed by atoms with Gasteiger partial charge in [0.1, 0.15) is 10.8 Å². The van der Waals surface area contributed by atoms with Crippen LogP contribution in [0.25, 0.3) is 0 Å². The van der Waals surface area contributed by atoms with Crippen LogP contribution in [-0.4, -0.2) is 34.3 Å². The van der Waals surface area contributed by atoms with Gasteiger partial charge >= 0.3 is 0 Å².